The molecule has 1 N–H and O–H groups in total. The van der Waals surface area contributed by atoms with Crippen LogP contribution in [0.2, 0.25) is 0 Å². The molecule has 0 saturated heterocycles. The summed E-state index contributed by atoms with van der Waals surface area (Å²) in [6, 6.07) is 0. The summed E-state index contributed by atoms with van der Waals surface area (Å²) >= 11 is 0. The number of carboxylic acids is 1. The van der Waals surface area contributed by atoms with Gasteiger partial charge in [0, 0.05) is 13.3 Å². The van der Waals surface area contributed by atoms with Gasteiger partial charge in [-0.25, -0.2) is 0 Å². The number of aliphatic carboxylic acids is 1. The summed E-state index contributed by atoms with van der Waals surface area (Å²) in [5, 5.41) is 9.69. The van der Waals surface area contributed by atoms with Gasteiger partial charge in [0.15, 0.2) is 0 Å². The molecule has 0 heterocycles. The Kier molecular flexibility index (Phi) is 4.25. The first-order valence-electron chi connectivity index (χ1n) is 10.5. The SMILES string of the molecule is CC(=O)OC[C@]1(C)C(=O)CC[C@@]2(C)[C@@H]3CC[C@@H]4C[C@@]3(CC[C@@H]21)C[C@H]4C(=O)O. The molecule has 0 aromatic heterocycles. The molecule has 0 amide bonds. The van der Waals surface area contributed by atoms with E-state index in [1.165, 1.54) is 6.92 Å². The lowest BCUT2D eigenvalue weighted by Crippen LogP contribution is -2.60. The minimum absolute atomic E-state index is 0.0272. The Morgan fingerprint density at radius 1 is 1.11 bits per heavy atom. The summed E-state index contributed by atoms with van der Waals surface area (Å²) in [6.07, 6.45) is 7.33. The van der Waals surface area contributed by atoms with Gasteiger partial charge in [0.25, 0.3) is 0 Å². The molecule has 7 atom stereocenters. The van der Waals surface area contributed by atoms with Crippen LogP contribution in [-0.4, -0.2) is 29.4 Å². The molecule has 0 aromatic rings. The average molecular weight is 376 g/mol. The molecule has 4 aliphatic rings. The Hall–Kier alpha value is -1.39. The monoisotopic (exact) mass is 376 g/mol. The molecule has 27 heavy (non-hydrogen) atoms. The number of hydrogen-bond donors (Lipinski definition) is 1. The fourth-order valence-electron chi connectivity index (χ4n) is 8.02. The summed E-state index contributed by atoms with van der Waals surface area (Å²) in [6.45, 7) is 5.92. The highest BCUT2D eigenvalue weighted by molar-refractivity contribution is 5.86. The van der Waals surface area contributed by atoms with Crippen LogP contribution in [0.15, 0.2) is 0 Å². The zero-order valence-corrected chi connectivity index (χ0v) is 16.8. The van der Waals surface area contributed by atoms with Gasteiger partial charge in [-0.3, -0.25) is 14.4 Å². The third kappa shape index (κ3) is 2.60. The summed E-state index contributed by atoms with van der Waals surface area (Å²) in [4.78, 5) is 36.1. The van der Waals surface area contributed by atoms with E-state index in [2.05, 4.69) is 6.92 Å². The third-order valence-corrected chi connectivity index (χ3v) is 9.14. The summed E-state index contributed by atoms with van der Waals surface area (Å²) in [7, 11) is 0. The van der Waals surface area contributed by atoms with Gasteiger partial charge in [0.05, 0.1) is 11.3 Å². The lowest BCUT2D eigenvalue weighted by Gasteiger charge is -2.63. The smallest absolute Gasteiger partial charge is 0.306 e. The van der Waals surface area contributed by atoms with E-state index in [4.69, 9.17) is 4.74 Å². The molecule has 2 bridgehead atoms. The van der Waals surface area contributed by atoms with Crippen molar-refractivity contribution in [3.8, 4) is 0 Å². The molecule has 0 radical (unpaired) electrons. The van der Waals surface area contributed by atoms with Crippen LogP contribution >= 0.6 is 0 Å². The molecule has 4 aliphatic carbocycles. The van der Waals surface area contributed by atoms with Crippen molar-refractivity contribution in [2.45, 2.75) is 72.1 Å². The van der Waals surface area contributed by atoms with Crippen LogP contribution in [0, 0.1) is 39.9 Å². The molecule has 4 fully saturated rings. The zero-order chi connectivity index (χ0) is 19.6. The number of fused-ring (bicyclic) bond motifs is 3. The van der Waals surface area contributed by atoms with Gasteiger partial charge in [-0.1, -0.05) is 6.92 Å². The average Bonchev–Trinajstić information content (AvgIpc) is 2.88. The number of Topliss-reactive ketones (excluding diaryl/α,β-unsaturated/α-hetero) is 1. The van der Waals surface area contributed by atoms with Crippen molar-refractivity contribution in [2.24, 2.45) is 39.9 Å². The highest BCUT2D eigenvalue weighted by Crippen LogP contribution is 2.71. The summed E-state index contributed by atoms with van der Waals surface area (Å²) in [5.74, 6) is 0.110. The largest absolute Gasteiger partial charge is 0.481 e. The van der Waals surface area contributed by atoms with Crippen LogP contribution in [0.4, 0.5) is 0 Å². The fraction of sp³-hybridized carbons (Fsp3) is 0.864. The van der Waals surface area contributed by atoms with Gasteiger partial charge in [0.1, 0.15) is 12.4 Å². The van der Waals surface area contributed by atoms with Gasteiger partial charge in [-0.15, -0.1) is 0 Å². The van der Waals surface area contributed by atoms with Crippen LogP contribution in [-0.2, 0) is 19.1 Å². The van der Waals surface area contributed by atoms with Crippen molar-refractivity contribution >= 4 is 17.7 Å². The molecule has 1 spiro atoms. The number of carboxylic acid groups (broad SMARTS) is 1. The molecule has 0 unspecified atom stereocenters. The Labute approximate surface area is 161 Å². The number of rotatable bonds is 3. The first-order chi connectivity index (χ1) is 12.6. The van der Waals surface area contributed by atoms with Crippen LogP contribution in [0.25, 0.3) is 0 Å². The first kappa shape index (κ1) is 18.9. The topological polar surface area (TPSA) is 80.7 Å². The third-order valence-electron chi connectivity index (χ3n) is 9.14. The van der Waals surface area contributed by atoms with E-state index in [0.717, 1.165) is 44.9 Å². The number of ketones is 1. The highest BCUT2D eigenvalue weighted by atomic mass is 16.5. The number of carbonyl (C=O) groups excluding carboxylic acids is 2. The molecular weight excluding hydrogens is 344 g/mol. The fourth-order valence-corrected chi connectivity index (χ4v) is 8.02. The Morgan fingerprint density at radius 3 is 2.52 bits per heavy atom. The van der Waals surface area contributed by atoms with Gasteiger partial charge >= 0.3 is 11.9 Å². The normalized spacial score (nSPS) is 48.5. The van der Waals surface area contributed by atoms with E-state index >= 15 is 0 Å². The van der Waals surface area contributed by atoms with Crippen molar-refractivity contribution in [3.63, 3.8) is 0 Å². The predicted molar refractivity (Wildman–Crippen MR) is 98.8 cm³/mol. The second-order valence-electron chi connectivity index (χ2n) is 10.3. The molecular formula is C22H32O5. The number of esters is 1. The van der Waals surface area contributed by atoms with E-state index in [-0.39, 0.29) is 41.0 Å². The van der Waals surface area contributed by atoms with E-state index in [9.17, 15) is 19.5 Å². The van der Waals surface area contributed by atoms with E-state index < -0.39 is 11.4 Å². The molecule has 4 rings (SSSR count). The lowest BCUT2D eigenvalue weighted by molar-refractivity contribution is -0.180. The summed E-state index contributed by atoms with van der Waals surface area (Å²) in [5.41, 5.74) is -0.443. The Bertz CT molecular complexity index is 686. The van der Waals surface area contributed by atoms with Gasteiger partial charge < -0.3 is 9.84 Å². The second kappa shape index (κ2) is 6.05. The van der Waals surface area contributed by atoms with Gasteiger partial charge in [-0.2, -0.15) is 0 Å². The molecule has 4 saturated carbocycles. The molecule has 0 aromatic carbocycles. The van der Waals surface area contributed by atoms with Crippen molar-refractivity contribution in [2.75, 3.05) is 6.61 Å². The van der Waals surface area contributed by atoms with E-state index in [1.54, 1.807) is 0 Å². The molecule has 5 nitrogen and oxygen atoms in total. The van der Waals surface area contributed by atoms with Crippen molar-refractivity contribution < 1.29 is 24.2 Å². The standard InChI is InChI=1S/C22H32O5/c1-13(23)27-12-21(3)16-6-9-22-10-14(15(11-22)19(25)26)4-5-17(22)20(16,2)8-7-18(21)24/h14-17H,4-12H2,1-3H3,(H,25,26)/t14-,15-,16+,17+,20-,21+,22+/m1/s1. The quantitative estimate of drug-likeness (QED) is 0.757. The number of hydrogen-bond acceptors (Lipinski definition) is 4. The maximum Gasteiger partial charge on any atom is 0.306 e. The molecule has 5 heteroatoms. The van der Waals surface area contributed by atoms with Crippen LogP contribution in [0.3, 0.4) is 0 Å². The minimum Gasteiger partial charge on any atom is -0.481 e. The number of ether oxygens (including phenoxy) is 1. The predicted octanol–water partition coefficient (Wildman–Crippen LogP) is 3.84. The van der Waals surface area contributed by atoms with Crippen molar-refractivity contribution in [1.29, 1.82) is 0 Å². The van der Waals surface area contributed by atoms with Crippen LogP contribution in [0.5, 0.6) is 0 Å². The van der Waals surface area contributed by atoms with E-state index in [1.807, 2.05) is 6.92 Å². The van der Waals surface area contributed by atoms with Crippen molar-refractivity contribution in [1.82, 2.24) is 0 Å². The first-order valence-corrected chi connectivity index (χ1v) is 10.5. The summed E-state index contributed by atoms with van der Waals surface area (Å²) < 4.78 is 5.36. The number of carbonyl (C=O) groups is 3. The maximum absolute atomic E-state index is 12.9. The minimum atomic E-state index is -0.622. The van der Waals surface area contributed by atoms with E-state index in [0.29, 0.717) is 18.3 Å². The van der Waals surface area contributed by atoms with Crippen LogP contribution < -0.4 is 0 Å². The lowest BCUT2D eigenvalue weighted by atomic mass is 9.41. The Balaban J connectivity index is 1.66. The van der Waals surface area contributed by atoms with Crippen LogP contribution in [0.1, 0.15) is 72.1 Å². The Morgan fingerprint density at radius 2 is 1.85 bits per heavy atom. The zero-order valence-electron chi connectivity index (χ0n) is 16.8. The van der Waals surface area contributed by atoms with Crippen molar-refractivity contribution in [3.05, 3.63) is 0 Å². The molecule has 150 valence electrons. The van der Waals surface area contributed by atoms with Gasteiger partial charge in [0.2, 0.25) is 0 Å². The highest BCUT2D eigenvalue weighted by Gasteiger charge is 2.66. The second-order valence-corrected chi connectivity index (χ2v) is 10.3. The van der Waals surface area contributed by atoms with Gasteiger partial charge in [-0.05, 0) is 80.5 Å². The molecule has 0 aliphatic heterocycles. The maximum atomic E-state index is 12.9.